The van der Waals surface area contributed by atoms with E-state index in [9.17, 15) is 0 Å². The average molecular weight is 240 g/mol. The number of nitrogens with zero attached hydrogens (tertiary/aromatic N) is 2. The molecule has 0 fully saturated rings. The molecule has 5 heteroatoms. The molecule has 0 saturated carbocycles. The first-order valence-corrected chi connectivity index (χ1v) is 5.72. The third-order valence-corrected chi connectivity index (χ3v) is 3.46. The van der Waals surface area contributed by atoms with Crippen LogP contribution in [0.4, 0.5) is 0 Å². The minimum absolute atomic E-state index is 0.0937. The molecule has 0 aliphatic heterocycles. The van der Waals surface area contributed by atoms with Crippen molar-refractivity contribution >= 4 is 22.9 Å². The summed E-state index contributed by atoms with van der Waals surface area (Å²) < 4.78 is 0.771. The highest BCUT2D eigenvalue weighted by Crippen LogP contribution is 2.30. The molecule has 3 nitrogen and oxygen atoms in total. The second-order valence-electron chi connectivity index (χ2n) is 3.06. The van der Waals surface area contributed by atoms with Crippen LogP contribution in [0.2, 0.25) is 4.34 Å². The van der Waals surface area contributed by atoms with E-state index in [2.05, 4.69) is 9.97 Å². The molecule has 0 amide bonds. The molecule has 2 aromatic heterocycles. The molecule has 2 rings (SSSR count). The van der Waals surface area contributed by atoms with Gasteiger partial charge < -0.3 is 5.73 Å². The molecule has 0 aliphatic carbocycles. The lowest BCUT2D eigenvalue weighted by molar-refractivity contribution is 0.793. The number of aromatic nitrogens is 2. The van der Waals surface area contributed by atoms with Gasteiger partial charge in [-0.3, -0.25) is 9.97 Å². The molecule has 2 N–H and O–H groups in total. The van der Waals surface area contributed by atoms with Gasteiger partial charge in [-0.25, -0.2) is 0 Å². The van der Waals surface area contributed by atoms with Gasteiger partial charge in [-0.15, -0.1) is 11.3 Å². The lowest BCUT2D eigenvalue weighted by atomic mass is 10.0. The largest absolute Gasteiger partial charge is 0.329 e. The first kappa shape index (κ1) is 10.5. The van der Waals surface area contributed by atoms with Gasteiger partial charge in [0.1, 0.15) is 0 Å². The Kier molecular flexibility index (Phi) is 3.30. The van der Waals surface area contributed by atoms with Gasteiger partial charge >= 0.3 is 0 Å². The zero-order valence-corrected chi connectivity index (χ0v) is 9.50. The summed E-state index contributed by atoms with van der Waals surface area (Å²) in [7, 11) is 0. The molecule has 15 heavy (non-hydrogen) atoms. The van der Waals surface area contributed by atoms with Crippen LogP contribution in [0.1, 0.15) is 16.5 Å². The quantitative estimate of drug-likeness (QED) is 0.894. The molecule has 0 spiro atoms. The standard InChI is InChI=1S/C10H10ClN3S/c11-10-2-1-9(15-10)7(5-12)8-6-13-3-4-14-8/h1-4,6-7H,5,12H2. The zero-order chi connectivity index (χ0) is 10.7. The van der Waals surface area contributed by atoms with Crippen LogP contribution in [-0.4, -0.2) is 16.5 Å². The minimum Gasteiger partial charge on any atom is -0.329 e. The second kappa shape index (κ2) is 4.70. The fourth-order valence-electron chi connectivity index (χ4n) is 1.39. The molecule has 1 atom stereocenters. The maximum absolute atomic E-state index is 5.89. The van der Waals surface area contributed by atoms with Gasteiger partial charge in [0.05, 0.1) is 10.0 Å². The van der Waals surface area contributed by atoms with Gasteiger partial charge in [0.25, 0.3) is 0 Å². The number of nitrogens with two attached hydrogens (primary N) is 1. The number of halogens is 1. The summed E-state index contributed by atoms with van der Waals surface area (Å²) in [6.07, 6.45) is 5.07. The molecular weight excluding hydrogens is 230 g/mol. The number of rotatable bonds is 3. The van der Waals surface area contributed by atoms with E-state index >= 15 is 0 Å². The second-order valence-corrected chi connectivity index (χ2v) is 4.81. The Hall–Kier alpha value is -0.970. The molecule has 0 saturated heterocycles. The third kappa shape index (κ3) is 2.34. The van der Waals surface area contributed by atoms with Crippen molar-refractivity contribution in [3.8, 4) is 0 Å². The minimum atomic E-state index is 0.0937. The summed E-state index contributed by atoms with van der Waals surface area (Å²) in [5.74, 6) is 0.0937. The molecule has 1 unspecified atom stereocenters. The van der Waals surface area contributed by atoms with E-state index in [1.165, 1.54) is 11.3 Å². The number of hydrogen-bond donors (Lipinski definition) is 1. The van der Waals surface area contributed by atoms with Crippen molar-refractivity contribution in [3.63, 3.8) is 0 Å². The van der Waals surface area contributed by atoms with Crippen LogP contribution in [0.15, 0.2) is 30.7 Å². The Balaban J connectivity index is 2.33. The number of thiophene rings is 1. The van der Waals surface area contributed by atoms with E-state index in [0.29, 0.717) is 6.54 Å². The van der Waals surface area contributed by atoms with Crippen molar-refractivity contribution in [1.82, 2.24) is 9.97 Å². The van der Waals surface area contributed by atoms with E-state index in [1.54, 1.807) is 18.6 Å². The summed E-state index contributed by atoms with van der Waals surface area (Å²) in [6.45, 7) is 0.509. The Morgan fingerprint density at radius 2 is 2.27 bits per heavy atom. The van der Waals surface area contributed by atoms with Crippen molar-refractivity contribution < 1.29 is 0 Å². The van der Waals surface area contributed by atoms with Crippen molar-refractivity contribution in [2.24, 2.45) is 5.73 Å². The van der Waals surface area contributed by atoms with Crippen LogP contribution in [0.25, 0.3) is 0 Å². The summed E-state index contributed by atoms with van der Waals surface area (Å²) in [4.78, 5) is 9.42. The fourth-order valence-corrected chi connectivity index (χ4v) is 2.58. The summed E-state index contributed by atoms with van der Waals surface area (Å²) >= 11 is 7.42. The SMILES string of the molecule is NCC(c1cnccn1)c1ccc(Cl)s1. The van der Waals surface area contributed by atoms with E-state index in [1.807, 2.05) is 12.1 Å². The first-order chi connectivity index (χ1) is 7.31. The van der Waals surface area contributed by atoms with E-state index in [4.69, 9.17) is 17.3 Å². The highest BCUT2D eigenvalue weighted by molar-refractivity contribution is 7.16. The highest BCUT2D eigenvalue weighted by Gasteiger charge is 2.15. The van der Waals surface area contributed by atoms with Gasteiger partial charge in [0.15, 0.2) is 0 Å². The molecule has 0 aliphatic rings. The van der Waals surface area contributed by atoms with Gasteiger partial charge in [-0.05, 0) is 12.1 Å². The van der Waals surface area contributed by atoms with E-state index in [-0.39, 0.29) is 5.92 Å². The Bertz CT molecular complexity index is 429. The van der Waals surface area contributed by atoms with Crippen LogP contribution in [-0.2, 0) is 0 Å². The zero-order valence-electron chi connectivity index (χ0n) is 7.93. The van der Waals surface area contributed by atoms with Gasteiger partial charge in [0, 0.05) is 35.9 Å². The van der Waals surface area contributed by atoms with Crippen LogP contribution in [0.5, 0.6) is 0 Å². The normalized spacial score (nSPS) is 12.7. The highest BCUT2D eigenvalue weighted by atomic mass is 35.5. The maximum atomic E-state index is 5.89. The molecule has 2 aromatic rings. The smallest absolute Gasteiger partial charge is 0.0931 e. The number of hydrogen-bond acceptors (Lipinski definition) is 4. The Labute approximate surface area is 96.9 Å². The average Bonchev–Trinajstić information content (AvgIpc) is 2.68. The van der Waals surface area contributed by atoms with Crippen LogP contribution in [0.3, 0.4) is 0 Å². The van der Waals surface area contributed by atoms with Crippen molar-refractivity contribution in [1.29, 1.82) is 0 Å². The molecule has 0 bridgehead atoms. The Morgan fingerprint density at radius 3 is 2.80 bits per heavy atom. The van der Waals surface area contributed by atoms with Crippen LogP contribution >= 0.6 is 22.9 Å². The van der Waals surface area contributed by atoms with E-state index < -0.39 is 0 Å². The predicted molar refractivity (Wildman–Crippen MR) is 62.3 cm³/mol. The lowest BCUT2D eigenvalue weighted by Crippen LogP contribution is -2.14. The fraction of sp³-hybridized carbons (Fsp3) is 0.200. The molecule has 2 heterocycles. The van der Waals surface area contributed by atoms with Gasteiger partial charge in [-0.1, -0.05) is 11.6 Å². The van der Waals surface area contributed by atoms with E-state index in [0.717, 1.165) is 14.9 Å². The van der Waals surface area contributed by atoms with Crippen molar-refractivity contribution in [2.75, 3.05) is 6.54 Å². The van der Waals surface area contributed by atoms with Crippen LogP contribution in [0, 0.1) is 0 Å². The lowest BCUT2D eigenvalue weighted by Gasteiger charge is -2.10. The predicted octanol–water partition coefficient (Wildman–Crippen LogP) is 2.28. The van der Waals surface area contributed by atoms with Crippen LogP contribution < -0.4 is 5.73 Å². The molecule has 0 radical (unpaired) electrons. The first-order valence-electron chi connectivity index (χ1n) is 4.52. The maximum Gasteiger partial charge on any atom is 0.0931 e. The van der Waals surface area contributed by atoms with Crippen molar-refractivity contribution in [3.05, 3.63) is 45.6 Å². The molecular formula is C10H10ClN3S. The summed E-state index contributed by atoms with van der Waals surface area (Å²) in [5.41, 5.74) is 6.63. The van der Waals surface area contributed by atoms with Gasteiger partial charge in [-0.2, -0.15) is 0 Å². The third-order valence-electron chi connectivity index (χ3n) is 2.11. The molecule has 0 aromatic carbocycles. The Morgan fingerprint density at radius 1 is 1.40 bits per heavy atom. The molecule has 78 valence electrons. The topological polar surface area (TPSA) is 51.8 Å². The van der Waals surface area contributed by atoms with Gasteiger partial charge in [0.2, 0.25) is 0 Å². The monoisotopic (exact) mass is 239 g/mol. The summed E-state index contributed by atoms with van der Waals surface area (Å²) in [5, 5.41) is 0. The van der Waals surface area contributed by atoms with Crippen molar-refractivity contribution in [2.45, 2.75) is 5.92 Å². The summed E-state index contributed by atoms with van der Waals surface area (Å²) in [6, 6.07) is 3.86.